The highest BCUT2D eigenvalue weighted by Gasteiger charge is 2.29. The third-order valence-electron chi connectivity index (χ3n) is 3.59. The van der Waals surface area contributed by atoms with Gasteiger partial charge in [0.2, 0.25) is 0 Å². The zero-order valence-corrected chi connectivity index (χ0v) is 10.9. The lowest BCUT2D eigenvalue weighted by Gasteiger charge is -2.26. The molecule has 2 atom stereocenters. The number of methoxy groups -OCH3 is 1. The number of nitrogens with two attached hydrogens (primary N) is 1. The van der Waals surface area contributed by atoms with E-state index >= 15 is 0 Å². The summed E-state index contributed by atoms with van der Waals surface area (Å²) in [5.41, 5.74) is 8.62. The van der Waals surface area contributed by atoms with Crippen LogP contribution in [0.5, 0.6) is 0 Å². The highest BCUT2D eigenvalue weighted by atomic mass is 16.5. The molecule has 94 valence electrons. The Bertz CT molecular complexity index is 390. The van der Waals surface area contributed by atoms with Crippen LogP contribution in [-0.4, -0.2) is 19.3 Å². The molecular weight excluding hydrogens is 212 g/mol. The predicted octanol–water partition coefficient (Wildman–Crippen LogP) is 2.15. The number of ether oxygens (including phenoxy) is 1. The van der Waals surface area contributed by atoms with Gasteiger partial charge in [-0.15, -0.1) is 0 Å². The van der Waals surface area contributed by atoms with Crippen molar-refractivity contribution >= 4 is 0 Å². The zero-order chi connectivity index (χ0) is 12.5. The van der Waals surface area contributed by atoms with Crippen LogP contribution in [0.25, 0.3) is 0 Å². The Labute approximate surface area is 103 Å². The minimum atomic E-state index is -0.137. The number of rotatable bonds is 4. The summed E-state index contributed by atoms with van der Waals surface area (Å²) in [4.78, 5) is 0. The van der Waals surface area contributed by atoms with E-state index in [1.54, 1.807) is 7.11 Å². The molecule has 2 rings (SSSR count). The molecule has 3 heteroatoms. The second-order valence-corrected chi connectivity index (χ2v) is 5.37. The summed E-state index contributed by atoms with van der Waals surface area (Å²) in [6.07, 6.45) is 0.971. The first-order valence-corrected chi connectivity index (χ1v) is 6.16. The van der Waals surface area contributed by atoms with Gasteiger partial charge >= 0.3 is 0 Å². The Morgan fingerprint density at radius 3 is 2.65 bits per heavy atom. The average molecular weight is 234 g/mol. The van der Waals surface area contributed by atoms with Crippen molar-refractivity contribution < 1.29 is 4.74 Å². The van der Waals surface area contributed by atoms with Gasteiger partial charge in [0.25, 0.3) is 0 Å². The Balaban J connectivity index is 2.05. The van der Waals surface area contributed by atoms with Crippen molar-refractivity contribution in [2.45, 2.75) is 38.0 Å². The van der Waals surface area contributed by atoms with Crippen molar-refractivity contribution in [1.82, 2.24) is 5.32 Å². The number of hydrogen-bond acceptors (Lipinski definition) is 3. The second-order valence-electron chi connectivity index (χ2n) is 5.37. The van der Waals surface area contributed by atoms with Crippen LogP contribution >= 0.6 is 0 Å². The molecule has 3 N–H and O–H groups in total. The van der Waals surface area contributed by atoms with E-state index in [0.29, 0.717) is 6.04 Å². The minimum Gasteiger partial charge on any atom is -0.377 e. The normalized spacial score (nSPS) is 23.8. The summed E-state index contributed by atoms with van der Waals surface area (Å²) in [6, 6.07) is 8.95. The molecule has 0 aliphatic heterocycles. The summed E-state index contributed by atoms with van der Waals surface area (Å²) in [5.74, 6) is 0. The number of fused-ring (bicyclic) bond motifs is 1. The van der Waals surface area contributed by atoms with E-state index in [0.717, 1.165) is 13.0 Å². The van der Waals surface area contributed by atoms with E-state index in [-0.39, 0.29) is 11.6 Å². The van der Waals surface area contributed by atoms with Gasteiger partial charge in [-0.3, -0.25) is 0 Å². The third-order valence-corrected chi connectivity index (χ3v) is 3.59. The first kappa shape index (κ1) is 12.6. The zero-order valence-electron chi connectivity index (χ0n) is 10.9. The fraction of sp³-hybridized carbons (Fsp3) is 0.571. The molecule has 1 aliphatic rings. The van der Waals surface area contributed by atoms with Gasteiger partial charge in [0.05, 0.1) is 5.60 Å². The van der Waals surface area contributed by atoms with Crippen LogP contribution in [0.3, 0.4) is 0 Å². The van der Waals surface area contributed by atoms with Gasteiger partial charge in [-0.2, -0.15) is 0 Å². The summed E-state index contributed by atoms with van der Waals surface area (Å²) in [6.45, 7) is 5.00. The summed E-state index contributed by atoms with van der Waals surface area (Å²) in [7, 11) is 1.75. The Kier molecular flexibility index (Phi) is 3.52. The topological polar surface area (TPSA) is 47.3 Å². The maximum atomic E-state index is 6.14. The lowest BCUT2D eigenvalue weighted by molar-refractivity contribution is 0.0209. The van der Waals surface area contributed by atoms with E-state index in [2.05, 4.69) is 43.4 Å². The Morgan fingerprint density at radius 1 is 1.35 bits per heavy atom. The summed E-state index contributed by atoms with van der Waals surface area (Å²) < 4.78 is 5.42. The largest absolute Gasteiger partial charge is 0.377 e. The van der Waals surface area contributed by atoms with Crippen molar-refractivity contribution in [2.24, 2.45) is 5.73 Å². The second kappa shape index (κ2) is 4.77. The maximum Gasteiger partial charge on any atom is 0.0746 e. The number of nitrogens with one attached hydrogen (secondary N) is 1. The molecule has 0 saturated carbocycles. The van der Waals surface area contributed by atoms with Gasteiger partial charge in [0.1, 0.15) is 0 Å². The number of benzene rings is 1. The van der Waals surface area contributed by atoms with Crippen LogP contribution in [0, 0.1) is 0 Å². The molecule has 0 radical (unpaired) electrons. The predicted molar refractivity (Wildman–Crippen MR) is 69.8 cm³/mol. The highest BCUT2D eigenvalue weighted by molar-refractivity contribution is 5.37. The van der Waals surface area contributed by atoms with Crippen molar-refractivity contribution in [3.63, 3.8) is 0 Å². The molecule has 0 saturated heterocycles. The molecule has 0 heterocycles. The van der Waals surface area contributed by atoms with Crippen LogP contribution in [0.15, 0.2) is 24.3 Å². The lowest BCUT2D eigenvalue weighted by atomic mass is 10.1. The Morgan fingerprint density at radius 2 is 2.00 bits per heavy atom. The van der Waals surface area contributed by atoms with Crippen molar-refractivity contribution in [3.05, 3.63) is 35.4 Å². The van der Waals surface area contributed by atoms with Crippen molar-refractivity contribution in [1.29, 1.82) is 0 Å². The van der Waals surface area contributed by atoms with Gasteiger partial charge in [0, 0.05) is 25.7 Å². The molecule has 0 spiro atoms. The van der Waals surface area contributed by atoms with Gasteiger partial charge in [-0.05, 0) is 31.4 Å². The SMILES string of the molecule is COC(C)(C)CNC1CC(N)c2ccccc21. The van der Waals surface area contributed by atoms with Gasteiger partial charge in [-0.1, -0.05) is 24.3 Å². The van der Waals surface area contributed by atoms with Crippen LogP contribution in [0.2, 0.25) is 0 Å². The van der Waals surface area contributed by atoms with Crippen LogP contribution in [0.1, 0.15) is 43.5 Å². The smallest absolute Gasteiger partial charge is 0.0746 e. The van der Waals surface area contributed by atoms with Crippen LogP contribution in [0.4, 0.5) is 0 Å². The standard InChI is InChI=1S/C14H22N2O/c1-14(2,17-3)9-16-13-8-12(15)10-6-4-5-7-11(10)13/h4-7,12-13,16H,8-9,15H2,1-3H3. The maximum absolute atomic E-state index is 6.14. The molecular formula is C14H22N2O. The van der Waals surface area contributed by atoms with E-state index in [4.69, 9.17) is 10.5 Å². The average Bonchev–Trinajstić information content (AvgIpc) is 2.65. The first-order chi connectivity index (χ1) is 8.03. The van der Waals surface area contributed by atoms with Crippen LogP contribution < -0.4 is 11.1 Å². The molecule has 0 fully saturated rings. The summed E-state index contributed by atoms with van der Waals surface area (Å²) in [5, 5.41) is 3.55. The molecule has 1 aliphatic carbocycles. The quantitative estimate of drug-likeness (QED) is 0.839. The van der Waals surface area contributed by atoms with Crippen molar-refractivity contribution in [2.75, 3.05) is 13.7 Å². The molecule has 0 bridgehead atoms. The van der Waals surface area contributed by atoms with E-state index in [1.807, 2.05) is 0 Å². The fourth-order valence-electron chi connectivity index (χ4n) is 2.31. The fourth-order valence-corrected chi connectivity index (χ4v) is 2.31. The molecule has 2 unspecified atom stereocenters. The molecule has 0 aromatic heterocycles. The molecule has 1 aromatic rings. The Hall–Kier alpha value is -0.900. The van der Waals surface area contributed by atoms with Gasteiger partial charge < -0.3 is 15.8 Å². The van der Waals surface area contributed by atoms with E-state index in [1.165, 1.54) is 11.1 Å². The third kappa shape index (κ3) is 2.68. The van der Waals surface area contributed by atoms with Gasteiger partial charge in [-0.25, -0.2) is 0 Å². The summed E-state index contributed by atoms with van der Waals surface area (Å²) >= 11 is 0. The highest BCUT2D eigenvalue weighted by Crippen LogP contribution is 2.37. The molecule has 0 amide bonds. The first-order valence-electron chi connectivity index (χ1n) is 6.16. The monoisotopic (exact) mass is 234 g/mol. The van der Waals surface area contributed by atoms with Crippen molar-refractivity contribution in [3.8, 4) is 0 Å². The van der Waals surface area contributed by atoms with Gasteiger partial charge in [0.15, 0.2) is 0 Å². The lowest BCUT2D eigenvalue weighted by Crippen LogP contribution is -2.38. The molecule has 3 nitrogen and oxygen atoms in total. The van der Waals surface area contributed by atoms with E-state index in [9.17, 15) is 0 Å². The van der Waals surface area contributed by atoms with E-state index < -0.39 is 0 Å². The number of hydrogen-bond donors (Lipinski definition) is 2. The molecule has 1 aromatic carbocycles. The van der Waals surface area contributed by atoms with Crippen LogP contribution in [-0.2, 0) is 4.74 Å². The minimum absolute atomic E-state index is 0.137. The molecule has 17 heavy (non-hydrogen) atoms.